The minimum Gasteiger partial charge on any atom is -0.354 e. The maximum atomic E-state index is 12.6. The number of anilines is 1. The predicted octanol–water partition coefficient (Wildman–Crippen LogP) is 10.2. The van der Waals surface area contributed by atoms with Crippen molar-refractivity contribution in [2.45, 2.75) is 89.4 Å². The van der Waals surface area contributed by atoms with Crippen LogP contribution in [0.15, 0.2) is 144 Å². The first-order chi connectivity index (χ1) is 30.6. The van der Waals surface area contributed by atoms with Crippen LogP contribution in [-0.4, -0.2) is 61.3 Å². The molecule has 0 atom stereocenters. The Morgan fingerprint density at radius 1 is 0.719 bits per heavy atom. The van der Waals surface area contributed by atoms with Gasteiger partial charge in [0.2, 0.25) is 17.5 Å². The van der Waals surface area contributed by atoms with Crippen LogP contribution in [0.25, 0.3) is 12.2 Å². The summed E-state index contributed by atoms with van der Waals surface area (Å²) in [4.78, 5) is 27.4. The molecule has 334 valence electrons. The maximum Gasteiger partial charge on any atom is 0.294 e. The van der Waals surface area contributed by atoms with Gasteiger partial charge in [-0.2, -0.15) is 13.0 Å². The topological polar surface area (TPSA) is 119 Å². The van der Waals surface area contributed by atoms with Gasteiger partial charge < -0.3 is 15.5 Å². The predicted molar refractivity (Wildman–Crippen MR) is 262 cm³/mol. The second kappa shape index (κ2) is 21.1. The SMILES string of the molecule is CCN1C(=CC=CC=CC=CC2=[N+](CCCCCC(=O)NCCNC(=O)Cc3ccc(/C=C/c4ccc(C)cc4)cc3)c3ccc(S(=O)(=O)O)cc3C2(C)C)C(C)(C)c2ccccc21. The minimum atomic E-state index is -4.38. The lowest BCUT2D eigenvalue weighted by atomic mass is 9.81. The van der Waals surface area contributed by atoms with Crippen molar-refractivity contribution >= 4 is 51.2 Å². The lowest BCUT2D eigenvalue weighted by Gasteiger charge is -2.25. The molecule has 0 saturated carbocycles. The fraction of sp³-hybridized carbons (Fsp3) is 0.315. The Morgan fingerprint density at radius 2 is 1.36 bits per heavy atom. The van der Waals surface area contributed by atoms with Crippen LogP contribution in [0.1, 0.15) is 93.7 Å². The third kappa shape index (κ3) is 11.7. The van der Waals surface area contributed by atoms with E-state index in [0.29, 0.717) is 32.5 Å². The Bertz CT molecular complexity index is 2610. The van der Waals surface area contributed by atoms with Gasteiger partial charge in [0.1, 0.15) is 6.54 Å². The van der Waals surface area contributed by atoms with E-state index >= 15 is 0 Å². The van der Waals surface area contributed by atoms with E-state index in [4.69, 9.17) is 0 Å². The van der Waals surface area contributed by atoms with Crippen molar-refractivity contribution in [2.24, 2.45) is 0 Å². The van der Waals surface area contributed by atoms with Crippen LogP contribution >= 0.6 is 0 Å². The van der Waals surface area contributed by atoms with Gasteiger partial charge in [0.25, 0.3) is 10.1 Å². The fourth-order valence-electron chi connectivity index (χ4n) is 8.61. The van der Waals surface area contributed by atoms with Crippen molar-refractivity contribution in [2.75, 3.05) is 31.1 Å². The lowest BCUT2D eigenvalue weighted by molar-refractivity contribution is -0.438. The summed E-state index contributed by atoms with van der Waals surface area (Å²) in [5.74, 6) is -0.148. The number of nitrogens with one attached hydrogen (secondary N) is 2. The van der Waals surface area contributed by atoms with E-state index in [0.717, 1.165) is 53.0 Å². The number of para-hydroxylation sites is 1. The van der Waals surface area contributed by atoms with Crippen LogP contribution < -0.4 is 15.5 Å². The standard InChI is InChI=1S/C54H62N4O5S/c1-7-57-47-19-16-15-18-45(47)53(3,4)49(57)20-12-9-8-10-13-21-50-54(5,6)46-39-44(64(61,62)63)33-34-48(46)58(50)37-17-11-14-22-51(59)55-35-36-56-52(60)38-43-31-29-42(30-32-43)28-27-41-25-23-40(2)24-26-41/h8-10,12-13,15-16,18-21,23-34,39H,7,11,14,17,22,35-38H2,1-6H3,(H2-,55,56,59,60,61,62,63)/p+1/b28-27+. The van der Waals surface area contributed by atoms with Crippen LogP contribution in [0, 0.1) is 6.92 Å². The largest absolute Gasteiger partial charge is 0.354 e. The molecular formula is C54H63N4O5S+. The molecule has 64 heavy (non-hydrogen) atoms. The molecule has 3 N–H and O–H groups in total. The summed E-state index contributed by atoms with van der Waals surface area (Å²) in [7, 11) is -4.38. The van der Waals surface area contributed by atoms with Crippen molar-refractivity contribution in [3.8, 4) is 0 Å². The smallest absolute Gasteiger partial charge is 0.294 e. The second-order valence-electron chi connectivity index (χ2n) is 17.6. The zero-order valence-corrected chi connectivity index (χ0v) is 38.9. The monoisotopic (exact) mass is 879 g/mol. The summed E-state index contributed by atoms with van der Waals surface area (Å²) in [6.45, 7) is 15.2. The zero-order valence-electron chi connectivity index (χ0n) is 38.1. The molecule has 0 bridgehead atoms. The number of aryl methyl sites for hydroxylation is 1. The number of fused-ring (bicyclic) bond motifs is 2. The third-order valence-electron chi connectivity index (χ3n) is 12.2. The van der Waals surface area contributed by atoms with Gasteiger partial charge in [-0.1, -0.05) is 129 Å². The third-order valence-corrected chi connectivity index (χ3v) is 13.0. The van der Waals surface area contributed by atoms with Crippen molar-refractivity contribution in [3.63, 3.8) is 0 Å². The van der Waals surface area contributed by atoms with Gasteiger partial charge in [-0.25, -0.2) is 0 Å². The zero-order chi connectivity index (χ0) is 45.9. The van der Waals surface area contributed by atoms with Crippen LogP contribution in [-0.2, 0) is 37.0 Å². The molecule has 0 unspecified atom stereocenters. The summed E-state index contributed by atoms with van der Waals surface area (Å²) in [6.07, 6.45) is 21.5. The van der Waals surface area contributed by atoms with Gasteiger partial charge in [0, 0.05) is 67.0 Å². The molecule has 0 radical (unpaired) electrons. The Labute approximate surface area is 380 Å². The van der Waals surface area contributed by atoms with Gasteiger partial charge >= 0.3 is 0 Å². The van der Waals surface area contributed by atoms with Gasteiger partial charge in [-0.15, -0.1) is 0 Å². The number of benzene rings is 4. The number of carbonyl (C=O) groups excluding carboxylic acids is 2. The Balaban J connectivity index is 0.975. The number of carbonyl (C=O) groups is 2. The number of likely N-dealkylation sites (N-methyl/N-ethyl adjacent to an activating group) is 1. The molecule has 0 fully saturated rings. The van der Waals surface area contributed by atoms with Crippen LogP contribution in [0.4, 0.5) is 11.4 Å². The van der Waals surface area contributed by atoms with Crippen molar-refractivity contribution in [1.29, 1.82) is 0 Å². The first-order valence-electron chi connectivity index (χ1n) is 22.3. The highest BCUT2D eigenvalue weighted by Crippen LogP contribution is 2.47. The molecule has 2 heterocycles. The molecule has 9 nitrogen and oxygen atoms in total. The van der Waals surface area contributed by atoms with E-state index in [1.54, 1.807) is 12.1 Å². The highest BCUT2D eigenvalue weighted by Gasteiger charge is 2.45. The van der Waals surface area contributed by atoms with Crippen LogP contribution in [0.3, 0.4) is 0 Å². The van der Waals surface area contributed by atoms with E-state index in [1.807, 2.05) is 48.6 Å². The summed E-state index contributed by atoms with van der Waals surface area (Å²) >= 11 is 0. The van der Waals surface area contributed by atoms with Crippen LogP contribution in [0.2, 0.25) is 0 Å². The molecule has 10 heteroatoms. The number of nitrogens with zero attached hydrogens (tertiary/aromatic N) is 2. The fourth-order valence-corrected chi connectivity index (χ4v) is 9.12. The van der Waals surface area contributed by atoms with E-state index in [1.165, 1.54) is 28.6 Å². The molecule has 2 aliphatic heterocycles. The molecular weight excluding hydrogens is 817 g/mol. The van der Waals surface area contributed by atoms with Crippen LogP contribution in [0.5, 0.6) is 0 Å². The van der Waals surface area contributed by atoms with Crippen molar-refractivity contribution in [3.05, 3.63) is 173 Å². The minimum absolute atomic E-state index is 0.0547. The summed E-state index contributed by atoms with van der Waals surface area (Å²) in [5, 5.41) is 5.81. The number of allylic oxidation sites excluding steroid dienone is 8. The summed E-state index contributed by atoms with van der Waals surface area (Å²) in [6, 6.07) is 29.6. The number of hydrogen-bond donors (Lipinski definition) is 3. The highest BCUT2D eigenvalue weighted by molar-refractivity contribution is 7.85. The second-order valence-corrected chi connectivity index (χ2v) is 19.0. The van der Waals surface area contributed by atoms with E-state index < -0.39 is 15.5 Å². The van der Waals surface area contributed by atoms with E-state index in [2.05, 4.69) is 141 Å². The number of hydrogen-bond acceptors (Lipinski definition) is 5. The summed E-state index contributed by atoms with van der Waals surface area (Å²) < 4.78 is 36.3. The van der Waals surface area contributed by atoms with Gasteiger partial charge in [-0.3, -0.25) is 14.1 Å². The van der Waals surface area contributed by atoms with Crippen molar-refractivity contribution in [1.82, 2.24) is 10.6 Å². The quantitative estimate of drug-likeness (QED) is 0.0284. The molecule has 2 aliphatic rings. The maximum absolute atomic E-state index is 12.6. The Morgan fingerprint density at radius 3 is 2.05 bits per heavy atom. The molecule has 0 aliphatic carbocycles. The number of rotatable bonds is 19. The van der Waals surface area contributed by atoms with Gasteiger partial charge in [-0.05, 0) is 87.1 Å². The van der Waals surface area contributed by atoms with Gasteiger partial charge in [0.05, 0.1) is 16.7 Å². The first kappa shape index (κ1) is 47.4. The Kier molecular flexibility index (Phi) is 15.6. The Hall–Kier alpha value is -6.10. The molecule has 2 amide bonds. The summed E-state index contributed by atoms with van der Waals surface area (Å²) in [5.41, 5.74) is 10.3. The number of unbranched alkanes of at least 4 members (excludes halogenated alkanes) is 2. The molecule has 6 rings (SSSR count). The highest BCUT2D eigenvalue weighted by atomic mass is 32.2. The van der Waals surface area contributed by atoms with E-state index in [-0.39, 0.29) is 28.5 Å². The van der Waals surface area contributed by atoms with Crippen molar-refractivity contribution < 1.29 is 27.1 Å². The normalized spacial score (nSPS) is 16.2. The lowest BCUT2D eigenvalue weighted by Crippen LogP contribution is -2.35. The molecule has 0 aromatic heterocycles. The molecule has 0 saturated heterocycles. The van der Waals surface area contributed by atoms with Gasteiger partial charge in [0.15, 0.2) is 5.71 Å². The number of amides is 2. The first-order valence-corrected chi connectivity index (χ1v) is 23.8. The van der Waals surface area contributed by atoms with E-state index in [9.17, 15) is 22.6 Å². The molecule has 4 aromatic rings. The average Bonchev–Trinajstić information content (AvgIpc) is 3.62. The molecule has 4 aromatic carbocycles. The molecule has 0 spiro atoms. The average molecular weight is 880 g/mol.